The van der Waals surface area contributed by atoms with Crippen molar-refractivity contribution in [3.63, 3.8) is 0 Å². The molecule has 0 aliphatic carbocycles. The molecule has 1 heterocycles. The van der Waals surface area contributed by atoms with Crippen LogP contribution in [0.3, 0.4) is 0 Å². The molecule has 0 radical (unpaired) electrons. The number of hydrogen-bond donors (Lipinski definition) is 0. The van der Waals surface area contributed by atoms with Crippen molar-refractivity contribution < 1.29 is 28.8 Å². The second-order valence-electron chi connectivity index (χ2n) is 7.19. The van der Waals surface area contributed by atoms with E-state index in [4.69, 9.17) is 0 Å². The number of thioether (sulfide) groups is 2. The molecule has 0 aliphatic heterocycles. The van der Waals surface area contributed by atoms with E-state index in [0.717, 1.165) is 5.75 Å². The molecule has 0 aliphatic rings. The summed E-state index contributed by atoms with van der Waals surface area (Å²) in [4.78, 5) is 15.2. The van der Waals surface area contributed by atoms with Gasteiger partial charge in [0.25, 0.3) is 0 Å². The van der Waals surface area contributed by atoms with Gasteiger partial charge >= 0.3 is 18.9 Å². The Bertz CT molecular complexity index is 1040. The van der Waals surface area contributed by atoms with Gasteiger partial charge in [-0.1, -0.05) is 103 Å². The van der Waals surface area contributed by atoms with E-state index in [1.165, 1.54) is 28.5 Å². The van der Waals surface area contributed by atoms with Gasteiger partial charge in [-0.15, -0.1) is 11.8 Å². The first-order chi connectivity index (χ1) is 15.7. The first kappa shape index (κ1) is 25.3. The smallest absolute Gasteiger partial charge is 0.549 e. The molecule has 0 fully saturated rings. The van der Waals surface area contributed by atoms with E-state index in [2.05, 4.69) is 77.8 Å². The molecule has 33 heavy (non-hydrogen) atoms. The van der Waals surface area contributed by atoms with E-state index in [1.807, 2.05) is 40.7 Å². The number of aromatic nitrogens is 2. The summed E-state index contributed by atoms with van der Waals surface area (Å²) in [6, 6.07) is 31.8. The van der Waals surface area contributed by atoms with Gasteiger partial charge in [-0.2, -0.15) is 0 Å². The van der Waals surface area contributed by atoms with Gasteiger partial charge < -0.3 is 14.5 Å². The number of aliphatic carboxylic acids is 1. The van der Waals surface area contributed by atoms with Crippen LogP contribution in [-0.2, 0) is 16.1 Å². The van der Waals surface area contributed by atoms with Crippen molar-refractivity contribution in [1.29, 1.82) is 0 Å². The minimum Gasteiger partial charge on any atom is -0.549 e. The third-order valence-corrected chi connectivity index (χ3v) is 7.69. The Hall–Kier alpha value is -2.36. The molecule has 1 aromatic heterocycles. The minimum atomic E-state index is -1.09. The molecular weight excluding hydrogens is 443 g/mol. The summed E-state index contributed by atoms with van der Waals surface area (Å²) in [5, 5.41) is 11.5. The number of hydrogen-bond acceptors (Lipinski definition) is 5. The van der Waals surface area contributed by atoms with Crippen molar-refractivity contribution in [2.75, 3.05) is 11.5 Å². The Morgan fingerprint density at radius 2 is 1.33 bits per heavy atom. The SMILES string of the molecule is O=C([O-])CSc1nccn1CCSC(c1ccccc1)(c1ccccc1)c1ccccc1.[Li+]. The zero-order valence-corrected chi connectivity index (χ0v) is 20.1. The van der Waals surface area contributed by atoms with Crippen LogP contribution in [0.5, 0.6) is 0 Å². The molecule has 0 unspecified atom stereocenters. The molecule has 0 bridgehead atoms. The molecular formula is C26H23LiN2O2S2. The van der Waals surface area contributed by atoms with Gasteiger partial charge in [0.2, 0.25) is 0 Å². The quantitative estimate of drug-likeness (QED) is 0.201. The van der Waals surface area contributed by atoms with Gasteiger partial charge in [0.1, 0.15) is 0 Å². The molecule has 4 nitrogen and oxygen atoms in total. The number of benzene rings is 3. The molecule has 3 aromatic carbocycles. The number of carboxylic acids is 1. The summed E-state index contributed by atoms with van der Waals surface area (Å²) in [6.45, 7) is 0.717. The Labute approximate surface area is 215 Å². The number of carbonyl (C=O) groups excluding carboxylic acids is 1. The number of carboxylic acid groups (broad SMARTS) is 1. The standard InChI is InChI=1S/C26H24N2O2S2.Li/c29-24(30)20-31-25-27-16-17-28(25)18-19-32-26(21-10-4-1-5-11-21,22-12-6-2-7-13-22)23-14-8-3-9-15-23;/h1-17H,18-20H2,(H,29,30);/q;+1/p-1. The van der Waals surface area contributed by atoms with Crippen LogP contribution >= 0.6 is 23.5 Å². The van der Waals surface area contributed by atoms with Crippen molar-refractivity contribution in [1.82, 2.24) is 9.55 Å². The Morgan fingerprint density at radius 3 is 1.79 bits per heavy atom. The zero-order valence-electron chi connectivity index (χ0n) is 18.5. The molecule has 0 atom stereocenters. The average molecular weight is 467 g/mol. The third-order valence-electron chi connectivity index (χ3n) is 5.19. The van der Waals surface area contributed by atoms with Crippen LogP contribution in [0.2, 0.25) is 0 Å². The summed E-state index contributed by atoms with van der Waals surface area (Å²) in [7, 11) is 0. The third kappa shape index (κ3) is 5.96. The van der Waals surface area contributed by atoms with Crippen LogP contribution in [0.4, 0.5) is 0 Å². The second kappa shape index (κ2) is 12.2. The molecule has 0 saturated carbocycles. The van der Waals surface area contributed by atoms with E-state index in [0.29, 0.717) is 11.7 Å². The molecule has 0 N–H and O–H groups in total. The Kier molecular flexibility index (Phi) is 9.34. The fraction of sp³-hybridized carbons (Fsp3) is 0.154. The molecule has 7 heteroatoms. The van der Waals surface area contributed by atoms with Gasteiger partial charge in [-0.25, -0.2) is 4.98 Å². The van der Waals surface area contributed by atoms with E-state index in [-0.39, 0.29) is 29.4 Å². The Balaban J connectivity index is 0.00000306. The maximum atomic E-state index is 10.8. The Morgan fingerprint density at radius 1 is 0.848 bits per heavy atom. The maximum absolute atomic E-state index is 10.8. The summed E-state index contributed by atoms with van der Waals surface area (Å²) in [5.74, 6) is -0.379. The number of aryl methyl sites for hydroxylation is 1. The average Bonchev–Trinajstić information content (AvgIpc) is 3.29. The van der Waals surface area contributed by atoms with Crippen LogP contribution in [0, 0.1) is 0 Å². The first-order valence-electron chi connectivity index (χ1n) is 10.3. The maximum Gasteiger partial charge on any atom is 1.00 e. The monoisotopic (exact) mass is 466 g/mol. The summed E-state index contributed by atoms with van der Waals surface area (Å²) in [5.41, 5.74) is 3.67. The van der Waals surface area contributed by atoms with Crippen LogP contribution in [0.1, 0.15) is 16.7 Å². The predicted molar refractivity (Wildman–Crippen MR) is 130 cm³/mol. The number of carbonyl (C=O) groups is 1. The van der Waals surface area contributed by atoms with Gasteiger partial charge in [-0.3, -0.25) is 0 Å². The van der Waals surface area contributed by atoms with Crippen molar-refractivity contribution in [3.8, 4) is 0 Å². The van der Waals surface area contributed by atoms with E-state index in [9.17, 15) is 9.90 Å². The fourth-order valence-corrected chi connectivity index (χ4v) is 6.00. The van der Waals surface area contributed by atoms with Crippen LogP contribution in [0.15, 0.2) is 109 Å². The van der Waals surface area contributed by atoms with Gasteiger partial charge in [0.05, 0.1) is 10.7 Å². The van der Waals surface area contributed by atoms with Gasteiger partial charge in [0.15, 0.2) is 5.16 Å². The summed E-state index contributed by atoms with van der Waals surface area (Å²) in [6.07, 6.45) is 3.61. The summed E-state index contributed by atoms with van der Waals surface area (Å²) < 4.78 is 1.63. The first-order valence-corrected chi connectivity index (χ1v) is 12.3. The van der Waals surface area contributed by atoms with Crippen molar-refractivity contribution >= 4 is 29.5 Å². The number of rotatable bonds is 10. The molecule has 4 rings (SSSR count). The van der Waals surface area contributed by atoms with Crippen molar-refractivity contribution in [2.45, 2.75) is 16.4 Å². The molecule has 0 saturated heterocycles. The largest absolute Gasteiger partial charge is 1.00 e. The minimum absolute atomic E-state index is 0. The van der Waals surface area contributed by atoms with E-state index >= 15 is 0 Å². The van der Waals surface area contributed by atoms with Crippen LogP contribution < -0.4 is 24.0 Å². The fourth-order valence-electron chi connectivity index (χ4n) is 3.79. The van der Waals surface area contributed by atoms with E-state index < -0.39 is 5.97 Å². The van der Waals surface area contributed by atoms with E-state index in [1.54, 1.807) is 6.20 Å². The predicted octanol–water partition coefficient (Wildman–Crippen LogP) is 1.45. The van der Waals surface area contributed by atoms with Gasteiger partial charge in [-0.05, 0) is 16.7 Å². The molecule has 4 aromatic rings. The molecule has 162 valence electrons. The molecule has 0 spiro atoms. The van der Waals surface area contributed by atoms with Crippen LogP contribution in [-0.4, -0.2) is 27.0 Å². The number of nitrogens with zero attached hydrogens (tertiary/aromatic N) is 2. The van der Waals surface area contributed by atoms with Crippen molar-refractivity contribution in [3.05, 3.63) is 120 Å². The normalized spacial score (nSPS) is 11.0. The summed E-state index contributed by atoms with van der Waals surface area (Å²) >= 11 is 3.06. The second-order valence-corrected chi connectivity index (χ2v) is 9.44. The zero-order chi connectivity index (χ0) is 22.2. The van der Waals surface area contributed by atoms with Crippen molar-refractivity contribution in [2.24, 2.45) is 0 Å². The number of imidazole rings is 1. The molecule has 0 amide bonds. The van der Waals surface area contributed by atoms with Gasteiger partial charge in [0, 0.05) is 30.4 Å². The topological polar surface area (TPSA) is 57.9 Å². The van der Waals surface area contributed by atoms with Crippen LogP contribution in [0.25, 0.3) is 0 Å².